The van der Waals surface area contributed by atoms with E-state index in [0.29, 0.717) is 11.6 Å². The largest absolute Gasteiger partial charge is 0.484 e. The maximum atomic E-state index is 5.99. The molecular weight excluding hydrogens is 449 g/mol. The number of nitrogens with one attached hydrogen (secondary N) is 1. The molecule has 0 radical (unpaired) electrons. The summed E-state index contributed by atoms with van der Waals surface area (Å²) in [6, 6.07) is 7.90. The number of thiocarbonyl (C=S) groups is 1. The fourth-order valence-electron chi connectivity index (χ4n) is 2.11. The van der Waals surface area contributed by atoms with E-state index in [0.717, 1.165) is 20.2 Å². The van der Waals surface area contributed by atoms with Crippen molar-refractivity contribution >= 4 is 56.9 Å². The number of hydrogen-bond acceptors (Lipinski definition) is 5. The molecule has 1 N–H and O–H groups in total. The van der Waals surface area contributed by atoms with Gasteiger partial charge in [0.2, 0.25) is 0 Å². The standard InChI is InChI=1S/C18H22IN3O2S/c1-5-23-21-11-18(3,4)22-17(25)12(2)24-15-6-7-16-13(9-15)8-14(19)10-20-16/h6-12H,5H2,1-4H3,(H,22,25). The molecule has 1 atom stereocenters. The number of ether oxygens (including phenoxy) is 1. The molecule has 0 saturated carbocycles. The second-order valence-electron chi connectivity index (χ2n) is 6.13. The summed E-state index contributed by atoms with van der Waals surface area (Å²) in [5, 5.41) is 8.19. The molecule has 1 aromatic carbocycles. The van der Waals surface area contributed by atoms with Gasteiger partial charge in [0.05, 0.1) is 17.3 Å². The van der Waals surface area contributed by atoms with Crippen LogP contribution >= 0.6 is 34.8 Å². The number of hydrogen-bond donors (Lipinski definition) is 1. The van der Waals surface area contributed by atoms with Gasteiger partial charge in [0.1, 0.15) is 23.4 Å². The molecule has 134 valence electrons. The van der Waals surface area contributed by atoms with Gasteiger partial charge in [-0.2, -0.15) is 0 Å². The molecule has 0 saturated heterocycles. The van der Waals surface area contributed by atoms with Gasteiger partial charge in [-0.05, 0) is 74.6 Å². The van der Waals surface area contributed by atoms with Gasteiger partial charge >= 0.3 is 0 Å². The molecular formula is C18H22IN3O2S. The molecule has 2 aromatic rings. The fraction of sp³-hybridized carbons (Fsp3) is 0.389. The first-order valence-corrected chi connectivity index (χ1v) is 9.50. The van der Waals surface area contributed by atoms with Crippen LogP contribution in [0.15, 0.2) is 35.6 Å². The monoisotopic (exact) mass is 471 g/mol. The van der Waals surface area contributed by atoms with E-state index in [2.05, 4.69) is 44.1 Å². The average molecular weight is 471 g/mol. The van der Waals surface area contributed by atoms with Crippen molar-refractivity contribution in [3.05, 3.63) is 34.0 Å². The summed E-state index contributed by atoms with van der Waals surface area (Å²) in [6.45, 7) is 8.28. The Bertz CT molecular complexity index is 780. The van der Waals surface area contributed by atoms with Crippen LogP contribution in [-0.2, 0) is 4.84 Å². The van der Waals surface area contributed by atoms with Crippen LogP contribution in [0.4, 0.5) is 0 Å². The van der Waals surface area contributed by atoms with Crippen LogP contribution in [0.5, 0.6) is 5.75 Å². The molecule has 1 unspecified atom stereocenters. The molecule has 0 aliphatic heterocycles. The van der Waals surface area contributed by atoms with Crippen molar-refractivity contribution in [2.45, 2.75) is 39.3 Å². The number of halogens is 1. The number of benzene rings is 1. The molecule has 2 rings (SSSR count). The van der Waals surface area contributed by atoms with Gasteiger partial charge in [-0.25, -0.2) is 0 Å². The number of oxime groups is 1. The van der Waals surface area contributed by atoms with E-state index in [1.54, 1.807) is 6.21 Å². The highest BCUT2D eigenvalue weighted by atomic mass is 127. The first kappa shape index (κ1) is 19.8. The summed E-state index contributed by atoms with van der Waals surface area (Å²) in [5.74, 6) is 0.758. The molecule has 0 fully saturated rings. The summed E-state index contributed by atoms with van der Waals surface area (Å²) < 4.78 is 7.07. The lowest BCUT2D eigenvalue weighted by Gasteiger charge is -2.26. The Labute approximate surface area is 167 Å². The number of rotatable bonds is 7. The predicted octanol–water partition coefficient (Wildman–Crippen LogP) is 4.32. The first-order valence-electron chi connectivity index (χ1n) is 8.01. The first-order chi connectivity index (χ1) is 11.8. The van der Waals surface area contributed by atoms with Crippen molar-refractivity contribution in [1.29, 1.82) is 0 Å². The Kier molecular flexibility index (Phi) is 6.95. The number of aromatic nitrogens is 1. The van der Waals surface area contributed by atoms with E-state index < -0.39 is 5.54 Å². The molecule has 1 heterocycles. The fourth-order valence-corrected chi connectivity index (χ4v) is 2.89. The van der Waals surface area contributed by atoms with E-state index in [4.69, 9.17) is 21.8 Å². The molecule has 0 amide bonds. The summed E-state index contributed by atoms with van der Waals surface area (Å²) in [6.07, 6.45) is 3.26. The van der Waals surface area contributed by atoms with Gasteiger partial charge in [0, 0.05) is 15.2 Å². The SMILES string of the molecule is CCON=CC(C)(C)NC(=S)C(C)Oc1ccc2ncc(I)cc2c1. The van der Waals surface area contributed by atoms with Gasteiger partial charge in [0.15, 0.2) is 0 Å². The summed E-state index contributed by atoms with van der Waals surface area (Å²) in [7, 11) is 0. The second kappa shape index (κ2) is 8.75. The maximum absolute atomic E-state index is 5.99. The van der Waals surface area contributed by atoms with Crippen LogP contribution in [0.1, 0.15) is 27.7 Å². The smallest absolute Gasteiger partial charge is 0.146 e. The summed E-state index contributed by atoms with van der Waals surface area (Å²) >= 11 is 7.71. The lowest BCUT2D eigenvalue weighted by Crippen LogP contribution is -2.48. The third kappa shape index (κ3) is 6.07. The number of fused-ring (bicyclic) bond motifs is 1. The molecule has 25 heavy (non-hydrogen) atoms. The quantitative estimate of drug-likeness (QED) is 0.282. The Morgan fingerprint density at radius 3 is 2.92 bits per heavy atom. The molecule has 0 bridgehead atoms. The minimum atomic E-state index is -0.423. The van der Waals surface area contributed by atoms with E-state index in [1.807, 2.05) is 52.1 Å². The van der Waals surface area contributed by atoms with Gasteiger partial charge in [0.25, 0.3) is 0 Å². The highest BCUT2D eigenvalue weighted by molar-refractivity contribution is 14.1. The van der Waals surface area contributed by atoms with E-state index in [9.17, 15) is 0 Å². The molecule has 0 spiro atoms. The van der Waals surface area contributed by atoms with Crippen LogP contribution < -0.4 is 10.1 Å². The van der Waals surface area contributed by atoms with E-state index in [1.165, 1.54) is 0 Å². The van der Waals surface area contributed by atoms with Crippen LogP contribution in [0.3, 0.4) is 0 Å². The lowest BCUT2D eigenvalue weighted by molar-refractivity contribution is 0.158. The lowest BCUT2D eigenvalue weighted by atomic mass is 10.1. The zero-order valence-corrected chi connectivity index (χ0v) is 17.7. The maximum Gasteiger partial charge on any atom is 0.146 e. The Balaban J connectivity index is 2.03. The van der Waals surface area contributed by atoms with Crippen molar-refractivity contribution < 1.29 is 9.57 Å². The second-order valence-corrected chi connectivity index (χ2v) is 7.82. The summed E-state index contributed by atoms with van der Waals surface area (Å²) in [5.41, 5.74) is 0.516. The van der Waals surface area contributed by atoms with E-state index >= 15 is 0 Å². The minimum Gasteiger partial charge on any atom is -0.484 e. The van der Waals surface area contributed by atoms with Gasteiger partial charge in [-0.3, -0.25) is 4.98 Å². The highest BCUT2D eigenvalue weighted by Crippen LogP contribution is 2.22. The Hall–Kier alpha value is -1.48. The van der Waals surface area contributed by atoms with Gasteiger partial charge in [-0.15, -0.1) is 0 Å². The third-order valence-electron chi connectivity index (χ3n) is 3.33. The van der Waals surface area contributed by atoms with Crippen molar-refractivity contribution in [3.8, 4) is 5.75 Å². The Morgan fingerprint density at radius 1 is 1.44 bits per heavy atom. The Morgan fingerprint density at radius 2 is 2.20 bits per heavy atom. The van der Waals surface area contributed by atoms with Crippen LogP contribution in [-0.4, -0.2) is 34.4 Å². The van der Waals surface area contributed by atoms with Crippen molar-refractivity contribution in [2.24, 2.45) is 5.16 Å². The number of pyridine rings is 1. The molecule has 1 aromatic heterocycles. The van der Waals surface area contributed by atoms with Crippen LogP contribution in [0.25, 0.3) is 10.9 Å². The molecule has 0 aliphatic carbocycles. The van der Waals surface area contributed by atoms with Crippen molar-refractivity contribution in [3.63, 3.8) is 0 Å². The van der Waals surface area contributed by atoms with Crippen molar-refractivity contribution in [1.82, 2.24) is 10.3 Å². The normalized spacial score (nSPS) is 13.0. The third-order valence-corrected chi connectivity index (χ3v) is 4.35. The zero-order valence-electron chi connectivity index (χ0n) is 14.7. The topological polar surface area (TPSA) is 55.7 Å². The zero-order chi connectivity index (χ0) is 18.4. The minimum absolute atomic E-state index is 0.275. The highest BCUT2D eigenvalue weighted by Gasteiger charge is 2.20. The van der Waals surface area contributed by atoms with Crippen molar-refractivity contribution in [2.75, 3.05) is 6.61 Å². The van der Waals surface area contributed by atoms with Gasteiger partial charge < -0.3 is 14.9 Å². The van der Waals surface area contributed by atoms with E-state index in [-0.39, 0.29) is 6.10 Å². The molecule has 7 heteroatoms. The molecule has 5 nitrogen and oxygen atoms in total. The summed E-state index contributed by atoms with van der Waals surface area (Å²) in [4.78, 5) is 10.0. The van der Waals surface area contributed by atoms with Crippen LogP contribution in [0.2, 0.25) is 0 Å². The average Bonchev–Trinajstić information content (AvgIpc) is 2.54. The van der Waals surface area contributed by atoms with Crippen LogP contribution in [0, 0.1) is 3.57 Å². The number of nitrogens with zero attached hydrogens (tertiary/aromatic N) is 2. The predicted molar refractivity (Wildman–Crippen MR) is 114 cm³/mol. The molecule has 0 aliphatic rings. The van der Waals surface area contributed by atoms with Gasteiger partial charge in [-0.1, -0.05) is 17.4 Å².